The summed E-state index contributed by atoms with van der Waals surface area (Å²) in [7, 11) is 0. The van der Waals surface area contributed by atoms with Crippen molar-refractivity contribution >= 4 is 11.7 Å². The number of rotatable bonds is 3. The zero-order valence-corrected chi connectivity index (χ0v) is 18.3. The highest BCUT2D eigenvalue weighted by Crippen LogP contribution is 2.45. The molecule has 5 heteroatoms. The summed E-state index contributed by atoms with van der Waals surface area (Å²) in [6.07, 6.45) is 2.04. The van der Waals surface area contributed by atoms with Crippen LogP contribution >= 0.6 is 0 Å². The number of ketones is 1. The van der Waals surface area contributed by atoms with Crippen LogP contribution < -0.4 is 0 Å². The summed E-state index contributed by atoms with van der Waals surface area (Å²) in [5, 5.41) is 0. The lowest BCUT2D eigenvalue weighted by Crippen LogP contribution is -2.38. The predicted molar refractivity (Wildman–Crippen MR) is 121 cm³/mol. The van der Waals surface area contributed by atoms with Crippen LogP contribution in [0.5, 0.6) is 0 Å². The van der Waals surface area contributed by atoms with Gasteiger partial charge in [0, 0.05) is 19.5 Å². The SMILES string of the molecule is CC(C)c1ccccc1-c1ccc2c(c1)CC(=O)C21CCN(C(=O)c2ccc(F)cn2)C1. The van der Waals surface area contributed by atoms with Crippen LogP contribution in [0.2, 0.25) is 0 Å². The van der Waals surface area contributed by atoms with Crippen molar-refractivity contribution in [3.63, 3.8) is 0 Å². The van der Waals surface area contributed by atoms with E-state index in [1.165, 1.54) is 23.3 Å². The lowest BCUT2D eigenvalue weighted by Gasteiger charge is -2.24. The van der Waals surface area contributed by atoms with Gasteiger partial charge in [-0.3, -0.25) is 9.59 Å². The fourth-order valence-electron chi connectivity index (χ4n) is 5.22. The Bertz CT molecular complexity index is 1220. The van der Waals surface area contributed by atoms with E-state index in [1.54, 1.807) is 4.90 Å². The van der Waals surface area contributed by atoms with Crippen molar-refractivity contribution in [2.45, 2.75) is 38.0 Å². The van der Waals surface area contributed by atoms with E-state index >= 15 is 0 Å². The molecule has 0 N–H and O–H groups in total. The topological polar surface area (TPSA) is 50.3 Å². The number of fused-ring (bicyclic) bond motifs is 2. The molecule has 2 aromatic carbocycles. The number of hydrogen-bond donors (Lipinski definition) is 0. The molecule has 1 aromatic heterocycles. The number of carbonyl (C=O) groups excluding carboxylic acids is 2. The van der Waals surface area contributed by atoms with Gasteiger partial charge in [0.05, 0.1) is 11.6 Å². The number of hydrogen-bond acceptors (Lipinski definition) is 3. The summed E-state index contributed by atoms with van der Waals surface area (Å²) in [6.45, 7) is 5.20. The van der Waals surface area contributed by atoms with Gasteiger partial charge >= 0.3 is 0 Å². The van der Waals surface area contributed by atoms with E-state index in [0.29, 0.717) is 31.8 Å². The molecule has 3 aromatic rings. The first-order valence-corrected chi connectivity index (χ1v) is 11.1. The molecule has 5 rings (SSSR count). The minimum atomic E-state index is -0.652. The molecule has 2 heterocycles. The zero-order valence-electron chi connectivity index (χ0n) is 18.3. The normalized spacial score (nSPS) is 19.8. The second-order valence-electron chi connectivity index (χ2n) is 9.13. The third kappa shape index (κ3) is 3.24. The third-order valence-corrected chi connectivity index (χ3v) is 6.90. The largest absolute Gasteiger partial charge is 0.336 e. The maximum atomic E-state index is 13.2. The Morgan fingerprint density at radius 2 is 1.94 bits per heavy atom. The van der Waals surface area contributed by atoms with Crippen LogP contribution in [0.15, 0.2) is 60.8 Å². The maximum Gasteiger partial charge on any atom is 0.272 e. The molecule has 1 spiro atoms. The molecule has 1 aliphatic carbocycles. The van der Waals surface area contributed by atoms with Gasteiger partial charge in [0.1, 0.15) is 17.3 Å². The van der Waals surface area contributed by atoms with Gasteiger partial charge < -0.3 is 4.90 Å². The van der Waals surface area contributed by atoms with E-state index in [0.717, 1.165) is 22.9 Å². The van der Waals surface area contributed by atoms with Gasteiger partial charge in [-0.25, -0.2) is 9.37 Å². The smallest absolute Gasteiger partial charge is 0.272 e. The van der Waals surface area contributed by atoms with E-state index in [-0.39, 0.29) is 17.4 Å². The van der Waals surface area contributed by atoms with E-state index < -0.39 is 11.2 Å². The van der Waals surface area contributed by atoms with Crippen molar-refractivity contribution < 1.29 is 14.0 Å². The number of aromatic nitrogens is 1. The van der Waals surface area contributed by atoms with Gasteiger partial charge in [0.2, 0.25) is 0 Å². The van der Waals surface area contributed by atoms with Crippen molar-refractivity contribution in [2.24, 2.45) is 0 Å². The van der Waals surface area contributed by atoms with Crippen LogP contribution in [0, 0.1) is 5.82 Å². The van der Waals surface area contributed by atoms with Gasteiger partial charge in [-0.1, -0.05) is 56.3 Å². The van der Waals surface area contributed by atoms with Crippen LogP contribution in [0.4, 0.5) is 4.39 Å². The van der Waals surface area contributed by atoms with Crippen LogP contribution in [0.25, 0.3) is 11.1 Å². The molecule has 1 fully saturated rings. The molecule has 1 saturated heterocycles. The first-order valence-electron chi connectivity index (χ1n) is 11.1. The highest BCUT2D eigenvalue weighted by atomic mass is 19.1. The molecule has 0 bridgehead atoms. The average molecular weight is 429 g/mol. The van der Waals surface area contributed by atoms with Gasteiger partial charge in [-0.15, -0.1) is 0 Å². The number of pyridine rings is 1. The summed E-state index contributed by atoms with van der Waals surface area (Å²) in [4.78, 5) is 31.7. The Morgan fingerprint density at radius 1 is 1.12 bits per heavy atom. The zero-order chi connectivity index (χ0) is 22.5. The molecule has 0 radical (unpaired) electrons. The molecule has 1 atom stereocenters. The van der Waals surface area contributed by atoms with Gasteiger partial charge in [-0.05, 0) is 52.3 Å². The molecule has 1 unspecified atom stereocenters. The first kappa shape index (κ1) is 20.6. The minimum Gasteiger partial charge on any atom is -0.336 e. The monoisotopic (exact) mass is 428 g/mol. The number of likely N-dealkylation sites (tertiary alicyclic amines) is 1. The van der Waals surface area contributed by atoms with Crippen molar-refractivity contribution in [1.82, 2.24) is 9.88 Å². The summed E-state index contributed by atoms with van der Waals surface area (Å²) in [5.41, 5.74) is 5.26. The lowest BCUT2D eigenvalue weighted by atomic mass is 9.80. The number of nitrogens with zero attached hydrogens (tertiary/aromatic N) is 2. The molecule has 4 nitrogen and oxygen atoms in total. The lowest BCUT2D eigenvalue weighted by molar-refractivity contribution is -0.122. The third-order valence-electron chi connectivity index (χ3n) is 6.90. The van der Waals surface area contributed by atoms with Crippen molar-refractivity contribution in [1.29, 1.82) is 0 Å². The van der Waals surface area contributed by atoms with Crippen molar-refractivity contribution in [2.75, 3.05) is 13.1 Å². The highest BCUT2D eigenvalue weighted by molar-refractivity contribution is 6.00. The van der Waals surface area contributed by atoms with E-state index in [4.69, 9.17) is 0 Å². The number of halogens is 1. The van der Waals surface area contributed by atoms with Gasteiger partial charge in [0.25, 0.3) is 5.91 Å². The molecule has 32 heavy (non-hydrogen) atoms. The molecule has 0 saturated carbocycles. The fraction of sp³-hybridized carbons (Fsp3) is 0.296. The second kappa shape index (κ2) is 7.66. The first-order chi connectivity index (χ1) is 15.4. The molecule has 1 aliphatic heterocycles. The molecule has 1 amide bonds. The number of benzene rings is 2. The summed E-state index contributed by atoms with van der Waals surface area (Å²) in [5.74, 6) is -0.161. The Morgan fingerprint density at radius 3 is 2.69 bits per heavy atom. The Kier molecular flexibility index (Phi) is 4.92. The number of carbonyl (C=O) groups is 2. The van der Waals surface area contributed by atoms with Gasteiger partial charge in [-0.2, -0.15) is 0 Å². The average Bonchev–Trinajstić information content (AvgIpc) is 3.36. The van der Waals surface area contributed by atoms with Gasteiger partial charge in [0.15, 0.2) is 0 Å². The minimum absolute atomic E-state index is 0.171. The van der Waals surface area contributed by atoms with Crippen LogP contribution in [0.3, 0.4) is 0 Å². The van der Waals surface area contributed by atoms with E-state index in [9.17, 15) is 14.0 Å². The number of Topliss-reactive ketones (excluding diaryl/α,β-unsaturated/α-hetero) is 1. The quantitative estimate of drug-likeness (QED) is 0.595. The molecular formula is C27H25FN2O2. The Balaban J connectivity index is 1.46. The summed E-state index contributed by atoms with van der Waals surface area (Å²) in [6, 6.07) is 17.4. The van der Waals surface area contributed by atoms with Crippen LogP contribution in [-0.4, -0.2) is 34.7 Å². The second-order valence-corrected chi connectivity index (χ2v) is 9.13. The molecule has 2 aliphatic rings. The van der Waals surface area contributed by atoms with E-state index in [1.807, 2.05) is 6.07 Å². The fourth-order valence-corrected chi connectivity index (χ4v) is 5.22. The predicted octanol–water partition coefficient (Wildman–Crippen LogP) is 4.92. The Labute approximate surface area is 187 Å². The molecular weight excluding hydrogens is 403 g/mol. The maximum absolute atomic E-state index is 13.2. The van der Waals surface area contributed by atoms with Crippen molar-refractivity contribution in [3.05, 3.63) is 89.0 Å². The summed E-state index contributed by atoms with van der Waals surface area (Å²) < 4.78 is 13.2. The van der Waals surface area contributed by atoms with E-state index in [2.05, 4.69) is 55.2 Å². The highest BCUT2D eigenvalue weighted by Gasteiger charge is 2.51. The Hall–Kier alpha value is -3.34. The van der Waals surface area contributed by atoms with Crippen molar-refractivity contribution in [3.8, 4) is 11.1 Å². The standard InChI is InChI=1S/C27H25FN2O2/c1-17(2)21-5-3-4-6-22(21)18-7-9-23-19(13-18)14-25(31)27(23)11-12-30(16-27)26(32)24-10-8-20(28)15-29-24/h3-10,13,15,17H,11-12,14,16H2,1-2H3. The summed E-state index contributed by atoms with van der Waals surface area (Å²) >= 11 is 0. The molecule has 162 valence electrons. The van der Waals surface area contributed by atoms with Crippen LogP contribution in [0.1, 0.15) is 53.4 Å². The number of amides is 1. The van der Waals surface area contributed by atoms with Crippen LogP contribution in [-0.2, 0) is 16.6 Å².